The third-order valence-corrected chi connectivity index (χ3v) is 8.60. The first-order valence-electron chi connectivity index (χ1n) is 14.4. The molecule has 4 N–H and O–H groups in total. The van der Waals surface area contributed by atoms with Crippen molar-refractivity contribution in [2.24, 2.45) is 0 Å². The maximum absolute atomic E-state index is 13.6. The zero-order valence-corrected chi connectivity index (χ0v) is 25.9. The van der Waals surface area contributed by atoms with E-state index in [4.69, 9.17) is 9.15 Å². The SMILES string of the molecule is CN1CCN(c2ccc(C(=O)Nc3n[nH]c4sc(OC(=O)NC(C)(C)c5ccccc5)cc34)c(NC(=O)c3ccco3)c2)CC1. The lowest BCUT2D eigenvalue weighted by Gasteiger charge is -2.34. The predicted molar refractivity (Wildman–Crippen MR) is 173 cm³/mol. The van der Waals surface area contributed by atoms with Crippen LogP contribution < -0.4 is 25.6 Å². The Bertz CT molecular complexity index is 1820. The van der Waals surface area contributed by atoms with Crippen molar-refractivity contribution in [2.45, 2.75) is 19.4 Å². The van der Waals surface area contributed by atoms with E-state index in [2.05, 4.69) is 43.0 Å². The molecule has 0 bridgehead atoms. The van der Waals surface area contributed by atoms with Crippen molar-refractivity contribution in [2.75, 3.05) is 48.8 Å². The molecule has 6 rings (SSSR count). The number of ether oxygens (including phenoxy) is 1. The summed E-state index contributed by atoms with van der Waals surface area (Å²) in [5.41, 5.74) is 1.76. The van der Waals surface area contributed by atoms with Crippen LogP contribution in [0, 0.1) is 0 Å². The van der Waals surface area contributed by atoms with Crippen molar-refractivity contribution < 1.29 is 23.5 Å². The van der Waals surface area contributed by atoms with E-state index in [9.17, 15) is 14.4 Å². The molecule has 0 atom stereocenters. The number of aromatic nitrogens is 2. The molecule has 0 saturated carbocycles. The molecule has 1 aliphatic heterocycles. The van der Waals surface area contributed by atoms with Crippen LogP contribution in [0.2, 0.25) is 0 Å². The zero-order valence-electron chi connectivity index (χ0n) is 25.0. The minimum Gasteiger partial charge on any atom is -0.459 e. The van der Waals surface area contributed by atoms with Gasteiger partial charge in [0.2, 0.25) is 0 Å². The zero-order chi connectivity index (χ0) is 31.6. The van der Waals surface area contributed by atoms with Crippen molar-refractivity contribution >= 4 is 56.7 Å². The standard InChI is InChI=1S/C32H33N7O5S/c1-32(2,20-8-5-4-6-9-20)35-31(42)44-26-19-23-27(36-37-30(23)45-26)34-28(40)22-12-11-21(39-15-13-38(3)14-16-39)18-24(22)33-29(41)25-10-7-17-43-25/h4-12,17-19H,13-16H2,1-3H3,(H,33,41)(H,35,42)(H2,34,36,37,40). The second-order valence-electron chi connectivity index (χ2n) is 11.3. The third-order valence-electron chi connectivity index (χ3n) is 7.68. The summed E-state index contributed by atoms with van der Waals surface area (Å²) in [7, 11) is 2.08. The van der Waals surface area contributed by atoms with Crippen LogP contribution in [0.15, 0.2) is 77.4 Å². The quantitative estimate of drug-likeness (QED) is 0.177. The normalized spacial score (nSPS) is 13.9. The second kappa shape index (κ2) is 12.5. The molecule has 45 heavy (non-hydrogen) atoms. The third kappa shape index (κ3) is 6.69. The molecule has 1 saturated heterocycles. The first-order chi connectivity index (χ1) is 21.7. The first-order valence-corrected chi connectivity index (χ1v) is 15.2. The highest BCUT2D eigenvalue weighted by molar-refractivity contribution is 7.20. The van der Waals surface area contributed by atoms with Crippen molar-refractivity contribution in [3.8, 4) is 5.06 Å². The van der Waals surface area contributed by atoms with Crippen molar-refractivity contribution in [1.29, 1.82) is 0 Å². The molecule has 0 radical (unpaired) electrons. The van der Waals surface area contributed by atoms with E-state index < -0.39 is 23.4 Å². The minimum atomic E-state index is -0.652. The van der Waals surface area contributed by atoms with Gasteiger partial charge in [-0.2, -0.15) is 5.10 Å². The fourth-order valence-electron chi connectivity index (χ4n) is 5.10. The number of hydrogen-bond acceptors (Lipinski definition) is 9. The van der Waals surface area contributed by atoms with Crippen LogP contribution in [-0.2, 0) is 5.54 Å². The Morgan fingerprint density at radius 2 is 1.73 bits per heavy atom. The number of benzene rings is 2. The smallest absolute Gasteiger partial charge is 0.414 e. The summed E-state index contributed by atoms with van der Waals surface area (Å²) in [6.07, 6.45) is 0.808. The van der Waals surface area contributed by atoms with Crippen LogP contribution in [0.25, 0.3) is 10.2 Å². The van der Waals surface area contributed by atoms with E-state index in [0.29, 0.717) is 21.0 Å². The lowest BCUT2D eigenvalue weighted by atomic mass is 9.95. The summed E-state index contributed by atoms with van der Waals surface area (Å²) in [5, 5.41) is 16.6. The van der Waals surface area contributed by atoms with E-state index in [1.807, 2.05) is 50.2 Å². The molecular weight excluding hydrogens is 594 g/mol. The lowest BCUT2D eigenvalue weighted by Crippen LogP contribution is -2.44. The maximum Gasteiger partial charge on any atom is 0.414 e. The fourth-order valence-corrected chi connectivity index (χ4v) is 5.95. The Kier molecular flexibility index (Phi) is 8.28. The van der Waals surface area contributed by atoms with Gasteiger partial charge in [-0.25, -0.2) is 4.79 Å². The molecule has 4 heterocycles. The number of rotatable bonds is 8. The number of furan rings is 1. The van der Waals surface area contributed by atoms with Gasteiger partial charge in [0, 0.05) is 37.9 Å². The second-order valence-corrected chi connectivity index (χ2v) is 12.3. The van der Waals surface area contributed by atoms with Crippen molar-refractivity contribution in [1.82, 2.24) is 20.4 Å². The number of likely N-dealkylation sites (N-methyl/N-ethyl adjacent to an activating group) is 1. The molecule has 232 valence electrons. The van der Waals surface area contributed by atoms with E-state index in [0.717, 1.165) is 37.4 Å². The van der Waals surface area contributed by atoms with E-state index in [1.54, 1.807) is 30.3 Å². The van der Waals surface area contributed by atoms with Gasteiger partial charge in [-0.3, -0.25) is 14.7 Å². The Hall–Kier alpha value is -5.14. The molecular formula is C32H33N7O5S. The van der Waals surface area contributed by atoms with Gasteiger partial charge in [-0.1, -0.05) is 41.7 Å². The summed E-state index contributed by atoms with van der Waals surface area (Å²) in [5.74, 6) is -0.556. The number of carbonyl (C=O) groups is 3. The molecule has 3 aromatic heterocycles. The molecule has 3 amide bonds. The summed E-state index contributed by atoms with van der Waals surface area (Å²) in [6, 6.07) is 19.8. The largest absolute Gasteiger partial charge is 0.459 e. The Balaban J connectivity index is 1.19. The van der Waals surface area contributed by atoms with Crippen molar-refractivity contribution in [3.63, 3.8) is 0 Å². The summed E-state index contributed by atoms with van der Waals surface area (Å²) in [6.45, 7) is 7.24. The van der Waals surface area contributed by atoms with E-state index in [-0.39, 0.29) is 17.1 Å². The van der Waals surface area contributed by atoms with Gasteiger partial charge in [-0.15, -0.1) is 0 Å². The summed E-state index contributed by atoms with van der Waals surface area (Å²) < 4.78 is 10.8. The number of hydrogen-bond donors (Lipinski definition) is 4. The predicted octanol–water partition coefficient (Wildman–Crippen LogP) is 5.50. The van der Waals surface area contributed by atoms with Gasteiger partial charge in [0.1, 0.15) is 4.83 Å². The van der Waals surface area contributed by atoms with Crippen molar-refractivity contribution in [3.05, 3.63) is 89.9 Å². The number of aromatic amines is 1. The highest BCUT2D eigenvalue weighted by atomic mass is 32.1. The first kappa shape index (κ1) is 29.9. The molecule has 0 aliphatic carbocycles. The van der Waals surface area contributed by atoms with Gasteiger partial charge >= 0.3 is 6.09 Å². The maximum atomic E-state index is 13.6. The lowest BCUT2D eigenvalue weighted by molar-refractivity contribution is 0.0996. The number of piperazine rings is 1. The number of fused-ring (bicyclic) bond motifs is 1. The van der Waals surface area contributed by atoms with Crippen LogP contribution >= 0.6 is 11.3 Å². The number of amides is 3. The van der Waals surface area contributed by atoms with Gasteiger partial charge in [-0.05, 0) is 56.8 Å². The molecule has 2 aromatic carbocycles. The van der Waals surface area contributed by atoms with E-state index >= 15 is 0 Å². The van der Waals surface area contributed by atoms with Crippen LogP contribution in [-0.4, -0.2) is 66.2 Å². The molecule has 1 fully saturated rings. The van der Waals surface area contributed by atoms with Gasteiger partial charge in [0.15, 0.2) is 16.6 Å². The Morgan fingerprint density at radius 3 is 2.47 bits per heavy atom. The minimum absolute atomic E-state index is 0.127. The molecule has 0 unspecified atom stereocenters. The molecule has 13 heteroatoms. The number of nitrogens with one attached hydrogen (secondary N) is 4. The van der Waals surface area contributed by atoms with Gasteiger partial charge < -0.3 is 34.9 Å². The monoisotopic (exact) mass is 627 g/mol. The summed E-state index contributed by atoms with van der Waals surface area (Å²) in [4.78, 5) is 44.3. The van der Waals surface area contributed by atoms with Crippen LogP contribution in [0.3, 0.4) is 0 Å². The number of nitrogens with zero attached hydrogens (tertiary/aromatic N) is 3. The molecule has 12 nitrogen and oxygen atoms in total. The molecule has 1 aliphatic rings. The van der Waals surface area contributed by atoms with Gasteiger partial charge in [0.05, 0.1) is 28.4 Å². The molecule has 0 spiro atoms. The van der Waals surface area contributed by atoms with Crippen LogP contribution in [0.1, 0.15) is 40.3 Å². The fraction of sp³-hybridized carbons (Fsp3) is 0.250. The average Bonchev–Trinajstić information content (AvgIpc) is 3.77. The topological polar surface area (TPSA) is 145 Å². The van der Waals surface area contributed by atoms with Crippen LogP contribution in [0.5, 0.6) is 5.06 Å². The highest BCUT2D eigenvalue weighted by Gasteiger charge is 2.25. The number of carbonyl (C=O) groups excluding carboxylic acids is 3. The highest BCUT2D eigenvalue weighted by Crippen LogP contribution is 2.35. The van der Waals surface area contributed by atoms with Gasteiger partial charge in [0.25, 0.3) is 11.8 Å². The van der Waals surface area contributed by atoms with Crippen LogP contribution in [0.4, 0.5) is 22.0 Å². The van der Waals surface area contributed by atoms with E-state index in [1.165, 1.54) is 17.6 Å². The number of thiophene rings is 1. The molecule has 5 aromatic rings. The number of anilines is 3. The Morgan fingerprint density at radius 1 is 0.956 bits per heavy atom. The summed E-state index contributed by atoms with van der Waals surface area (Å²) >= 11 is 1.19. The Labute approximate surface area is 263 Å². The average molecular weight is 628 g/mol. The number of H-pyrrole nitrogens is 1.